The second-order valence-corrected chi connectivity index (χ2v) is 4.96. The fourth-order valence-corrected chi connectivity index (χ4v) is 2.25. The summed E-state index contributed by atoms with van der Waals surface area (Å²) in [5, 5.41) is 0.620. The summed E-state index contributed by atoms with van der Waals surface area (Å²) in [5.41, 5.74) is 2.97. The van der Waals surface area contributed by atoms with Crippen LogP contribution < -0.4 is 4.74 Å². The zero-order valence-electron chi connectivity index (χ0n) is 13.3. The molecule has 1 aliphatic rings. The molecule has 0 amide bonds. The third-order valence-corrected chi connectivity index (χ3v) is 3.42. The van der Waals surface area contributed by atoms with Crippen LogP contribution in [0.15, 0.2) is 47.5 Å². The van der Waals surface area contributed by atoms with Gasteiger partial charge in [-0.1, -0.05) is 37.6 Å². The van der Waals surface area contributed by atoms with Crippen molar-refractivity contribution in [1.29, 1.82) is 0 Å². The molecule has 0 saturated carbocycles. The molecule has 0 atom stereocenters. The van der Waals surface area contributed by atoms with Crippen LogP contribution >= 0.6 is 11.6 Å². The Balaban J connectivity index is 0.000000924. The highest BCUT2D eigenvalue weighted by Crippen LogP contribution is 2.33. The van der Waals surface area contributed by atoms with Gasteiger partial charge in [0.15, 0.2) is 0 Å². The molecule has 1 heterocycles. The highest BCUT2D eigenvalue weighted by molar-refractivity contribution is 6.30. The number of hydrogen-bond donors (Lipinski definition) is 0. The van der Waals surface area contributed by atoms with Gasteiger partial charge in [0.05, 0.1) is 18.4 Å². The monoisotopic (exact) mass is 331 g/mol. The number of esters is 1. The molecule has 0 N–H and O–H groups in total. The van der Waals surface area contributed by atoms with Crippen molar-refractivity contribution in [1.82, 2.24) is 0 Å². The van der Waals surface area contributed by atoms with E-state index in [-0.39, 0.29) is 5.97 Å². The van der Waals surface area contributed by atoms with Crippen molar-refractivity contribution in [3.05, 3.63) is 58.6 Å². The number of carbonyl (C=O) groups is 1. The summed E-state index contributed by atoms with van der Waals surface area (Å²) in [5.74, 6) is 0.320. The molecule has 4 nitrogen and oxygen atoms in total. The summed E-state index contributed by atoms with van der Waals surface area (Å²) in [7, 11) is 1.36. The van der Waals surface area contributed by atoms with Crippen molar-refractivity contribution in [2.24, 2.45) is 4.99 Å². The molecule has 120 valence electrons. The molecule has 0 saturated heterocycles. The average molecular weight is 332 g/mol. The standard InChI is InChI=1S/C16H12ClNO3.C2H6/c1-20-16(19)11-4-2-10(3-5-11)14-9-21-15-8-12(17)6-7-13(15)18-14;1-2/h2-8H,9H2,1H3;1-2H3. The molecule has 2 aromatic carbocycles. The maximum Gasteiger partial charge on any atom is 0.337 e. The summed E-state index contributed by atoms with van der Waals surface area (Å²) in [6.45, 7) is 4.37. The smallest absolute Gasteiger partial charge is 0.337 e. The molecule has 0 radical (unpaired) electrons. The summed E-state index contributed by atoms with van der Waals surface area (Å²) >= 11 is 5.92. The molecule has 5 heteroatoms. The van der Waals surface area contributed by atoms with Crippen LogP contribution in [0.2, 0.25) is 5.02 Å². The fourth-order valence-electron chi connectivity index (χ4n) is 2.08. The lowest BCUT2D eigenvalue weighted by atomic mass is 10.1. The van der Waals surface area contributed by atoms with Gasteiger partial charge in [-0.05, 0) is 29.8 Å². The highest BCUT2D eigenvalue weighted by atomic mass is 35.5. The molecule has 2 aromatic rings. The number of fused-ring (bicyclic) bond motifs is 1. The predicted octanol–water partition coefficient (Wildman–Crippen LogP) is 4.67. The van der Waals surface area contributed by atoms with Gasteiger partial charge in [0.2, 0.25) is 0 Å². The molecule has 0 bridgehead atoms. The number of methoxy groups -OCH3 is 1. The first-order valence-corrected chi connectivity index (χ1v) is 7.74. The minimum atomic E-state index is -0.358. The number of ether oxygens (including phenoxy) is 2. The zero-order valence-corrected chi connectivity index (χ0v) is 14.1. The second-order valence-electron chi connectivity index (χ2n) is 4.53. The molecule has 3 rings (SSSR count). The molecule has 0 aliphatic carbocycles. The van der Waals surface area contributed by atoms with Crippen LogP contribution in [0.3, 0.4) is 0 Å². The van der Waals surface area contributed by atoms with Crippen molar-refractivity contribution in [2.75, 3.05) is 13.7 Å². The number of rotatable bonds is 2. The Morgan fingerprint density at radius 3 is 2.52 bits per heavy atom. The van der Waals surface area contributed by atoms with Gasteiger partial charge in [0.1, 0.15) is 18.0 Å². The van der Waals surface area contributed by atoms with Crippen molar-refractivity contribution in [3.8, 4) is 5.75 Å². The van der Waals surface area contributed by atoms with Crippen molar-refractivity contribution < 1.29 is 14.3 Å². The van der Waals surface area contributed by atoms with E-state index in [2.05, 4.69) is 9.73 Å². The van der Waals surface area contributed by atoms with E-state index in [0.717, 1.165) is 17.0 Å². The largest absolute Gasteiger partial charge is 0.485 e. The van der Waals surface area contributed by atoms with Crippen LogP contribution in [0.5, 0.6) is 5.75 Å². The summed E-state index contributed by atoms with van der Waals surface area (Å²) in [4.78, 5) is 16.0. The van der Waals surface area contributed by atoms with Gasteiger partial charge < -0.3 is 9.47 Å². The average Bonchev–Trinajstić information content (AvgIpc) is 2.62. The molecular formula is C18H18ClNO3. The Morgan fingerprint density at radius 1 is 1.17 bits per heavy atom. The predicted molar refractivity (Wildman–Crippen MR) is 92.3 cm³/mol. The first-order valence-electron chi connectivity index (χ1n) is 7.36. The van der Waals surface area contributed by atoms with E-state index >= 15 is 0 Å². The SMILES string of the molecule is CC.COC(=O)c1ccc(C2=Nc3ccc(Cl)cc3OC2)cc1. The Kier molecular flexibility index (Phi) is 5.77. The topological polar surface area (TPSA) is 47.9 Å². The van der Waals surface area contributed by atoms with Crippen LogP contribution in [0.1, 0.15) is 29.8 Å². The summed E-state index contributed by atoms with van der Waals surface area (Å²) in [6, 6.07) is 12.4. The highest BCUT2D eigenvalue weighted by Gasteiger charge is 2.15. The van der Waals surface area contributed by atoms with E-state index in [1.165, 1.54) is 7.11 Å². The van der Waals surface area contributed by atoms with Gasteiger partial charge in [-0.3, -0.25) is 0 Å². The lowest BCUT2D eigenvalue weighted by Crippen LogP contribution is -2.16. The second kappa shape index (κ2) is 7.79. The van der Waals surface area contributed by atoms with Gasteiger partial charge in [0, 0.05) is 11.1 Å². The van der Waals surface area contributed by atoms with Gasteiger partial charge in [-0.15, -0.1) is 0 Å². The van der Waals surface area contributed by atoms with Crippen LogP contribution in [0, 0.1) is 0 Å². The number of hydrogen-bond acceptors (Lipinski definition) is 4. The Labute approximate surface area is 140 Å². The molecule has 0 spiro atoms. The number of nitrogens with zero attached hydrogens (tertiary/aromatic N) is 1. The quantitative estimate of drug-likeness (QED) is 0.751. The number of carbonyl (C=O) groups excluding carboxylic acids is 1. The summed E-state index contributed by atoms with van der Waals surface area (Å²) < 4.78 is 10.3. The van der Waals surface area contributed by atoms with Gasteiger partial charge in [-0.25, -0.2) is 9.79 Å². The third-order valence-electron chi connectivity index (χ3n) is 3.18. The third kappa shape index (κ3) is 3.90. The maximum atomic E-state index is 11.4. The molecule has 0 unspecified atom stereocenters. The first kappa shape index (κ1) is 17.0. The molecule has 1 aliphatic heterocycles. The van der Waals surface area contributed by atoms with E-state index in [0.29, 0.717) is 22.9 Å². The molecule has 0 aromatic heterocycles. The van der Waals surface area contributed by atoms with Crippen LogP contribution in [-0.4, -0.2) is 25.4 Å². The van der Waals surface area contributed by atoms with Gasteiger partial charge >= 0.3 is 5.97 Å². The van der Waals surface area contributed by atoms with Crippen LogP contribution in [-0.2, 0) is 4.74 Å². The van der Waals surface area contributed by atoms with E-state index in [1.807, 2.05) is 32.0 Å². The van der Waals surface area contributed by atoms with E-state index in [1.54, 1.807) is 24.3 Å². The van der Waals surface area contributed by atoms with Gasteiger partial charge in [0.25, 0.3) is 0 Å². The number of aliphatic imine (C=N–C) groups is 1. The van der Waals surface area contributed by atoms with E-state index in [4.69, 9.17) is 16.3 Å². The Bertz CT molecular complexity index is 724. The number of halogens is 1. The normalized spacial score (nSPS) is 12.1. The lowest BCUT2D eigenvalue weighted by Gasteiger charge is -2.17. The molecule has 23 heavy (non-hydrogen) atoms. The Hall–Kier alpha value is -2.33. The van der Waals surface area contributed by atoms with Gasteiger partial charge in [-0.2, -0.15) is 0 Å². The van der Waals surface area contributed by atoms with Crippen LogP contribution in [0.25, 0.3) is 0 Å². The Morgan fingerprint density at radius 2 is 1.87 bits per heavy atom. The maximum absolute atomic E-state index is 11.4. The number of benzene rings is 2. The fraction of sp³-hybridized carbons (Fsp3) is 0.222. The molecular weight excluding hydrogens is 314 g/mol. The van der Waals surface area contributed by atoms with E-state index < -0.39 is 0 Å². The van der Waals surface area contributed by atoms with Crippen molar-refractivity contribution in [2.45, 2.75) is 13.8 Å². The van der Waals surface area contributed by atoms with Crippen molar-refractivity contribution >= 4 is 29.0 Å². The lowest BCUT2D eigenvalue weighted by molar-refractivity contribution is 0.0600. The van der Waals surface area contributed by atoms with Crippen LogP contribution in [0.4, 0.5) is 5.69 Å². The first-order chi connectivity index (χ1) is 11.2. The zero-order chi connectivity index (χ0) is 16.8. The minimum Gasteiger partial charge on any atom is -0.485 e. The summed E-state index contributed by atoms with van der Waals surface area (Å²) in [6.07, 6.45) is 0. The van der Waals surface area contributed by atoms with Crippen molar-refractivity contribution in [3.63, 3.8) is 0 Å². The van der Waals surface area contributed by atoms with E-state index in [9.17, 15) is 4.79 Å². The minimum absolute atomic E-state index is 0.358. The molecule has 0 fully saturated rings.